The van der Waals surface area contributed by atoms with Gasteiger partial charge in [-0.25, -0.2) is 9.97 Å². The van der Waals surface area contributed by atoms with Gasteiger partial charge in [0, 0.05) is 0 Å². The van der Waals surface area contributed by atoms with Crippen LogP contribution >= 0.6 is 0 Å². The summed E-state index contributed by atoms with van der Waals surface area (Å²) in [7, 11) is -4.69. The zero-order chi connectivity index (χ0) is 12.8. The molecule has 0 atom stereocenters. The first-order valence-electron chi connectivity index (χ1n) is 4.27. The van der Waals surface area contributed by atoms with Gasteiger partial charge >= 0.3 is 10.1 Å². The summed E-state index contributed by atoms with van der Waals surface area (Å²) in [5, 5.41) is -0.994. The average Bonchev–Trinajstić information content (AvgIpc) is 2.17. The number of hydrogen-bond acceptors (Lipinski definition) is 6. The fraction of sp³-hybridized carbons (Fsp3) is 0.143. The highest BCUT2D eigenvalue weighted by Crippen LogP contribution is 2.02. The minimum absolute atomic E-state index is 0.189. The molecule has 0 bridgehead atoms. The molecule has 0 saturated heterocycles. The molecule has 2 aromatic rings. The van der Waals surface area contributed by atoms with Gasteiger partial charge in [0.2, 0.25) is 0 Å². The maximum absolute atomic E-state index is 11.5. The van der Waals surface area contributed by atoms with Crippen LogP contribution < -0.4 is 11.1 Å². The molecule has 2 rings (SSSR count). The fourth-order valence-corrected chi connectivity index (χ4v) is 1.68. The second-order valence-electron chi connectivity index (χ2n) is 3.19. The molecule has 2 aromatic heterocycles. The van der Waals surface area contributed by atoms with E-state index < -0.39 is 31.9 Å². The summed E-state index contributed by atoms with van der Waals surface area (Å²) in [6, 6.07) is 0. The van der Waals surface area contributed by atoms with Crippen LogP contribution in [0.5, 0.6) is 0 Å². The van der Waals surface area contributed by atoms with Crippen molar-refractivity contribution < 1.29 is 13.0 Å². The van der Waals surface area contributed by atoms with Gasteiger partial charge in [0.15, 0.2) is 11.0 Å². The maximum atomic E-state index is 11.5. The summed E-state index contributed by atoms with van der Waals surface area (Å²) in [4.78, 5) is 34.1. The number of aromatic nitrogens is 4. The Kier molecular flexibility index (Phi) is 2.33. The fourth-order valence-electron chi connectivity index (χ4n) is 1.25. The molecule has 0 aromatic carbocycles. The summed E-state index contributed by atoms with van der Waals surface area (Å²) >= 11 is 0. The van der Waals surface area contributed by atoms with E-state index in [0.29, 0.717) is 0 Å². The molecule has 3 N–H and O–H groups in total. The highest BCUT2D eigenvalue weighted by atomic mass is 32.2. The van der Waals surface area contributed by atoms with Crippen LogP contribution in [-0.2, 0) is 10.1 Å². The predicted molar refractivity (Wildman–Crippen MR) is 55.3 cm³/mol. The van der Waals surface area contributed by atoms with Crippen LogP contribution in [-0.4, -0.2) is 32.9 Å². The SMILES string of the molecule is Cc1nc2c(=O)[nH]c(S(=O)(=O)O)nc2c(=O)[nH]1. The smallest absolute Gasteiger partial charge is 0.309 e. The van der Waals surface area contributed by atoms with Crippen molar-refractivity contribution in [3.8, 4) is 0 Å². The topological polar surface area (TPSA) is 146 Å². The lowest BCUT2D eigenvalue weighted by Gasteiger charge is -1.99. The lowest BCUT2D eigenvalue weighted by molar-refractivity contribution is 0.474. The number of aryl methyl sites for hydroxylation is 1. The molecule has 0 spiro atoms. The third kappa shape index (κ3) is 1.94. The molecule has 10 heteroatoms. The molecular weight excluding hydrogens is 252 g/mol. The monoisotopic (exact) mass is 258 g/mol. The number of nitrogens with one attached hydrogen (secondary N) is 2. The summed E-state index contributed by atoms with van der Waals surface area (Å²) in [6.07, 6.45) is 0. The molecule has 0 aliphatic heterocycles. The zero-order valence-electron chi connectivity index (χ0n) is 8.38. The van der Waals surface area contributed by atoms with Crippen molar-refractivity contribution in [2.75, 3.05) is 0 Å². The minimum Gasteiger partial charge on any atom is -0.309 e. The summed E-state index contributed by atoms with van der Waals surface area (Å²) in [6.45, 7) is 1.46. The number of fused-ring (bicyclic) bond motifs is 1. The molecule has 90 valence electrons. The number of aromatic amines is 2. The van der Waals surface area contributed by atoms with E-state index in [1.165, 1.54) is 6.92 Å². The number of nitrogens with zero attached hydrogens (tertiary/aromatic N) is 2. The van der Waals surface area contributed by atoms with Crippen molar-refractivity contribution in [3.63, 3.8) is 0 Å². The Hall–Kier alpha value is -2.07. The Labute approximate surface area is 93.3 Å². The molecule has 0 fully saturated rings. The summed E-state index contributed by atoms with van der Waals surface area (Å²) < 4.78 is 30.3. The molecule has 2 heterocycles. The van der Waals surface area contributed by atoms with E-state index in [9.17, 15) is 18.0 Å². The van der Waals surface area contributed by atoms with Crippen molar-refractivity contribution in [1.82, 2.24) is 19.9 Å². The summed E-state index contributed by atoms with van der Waals surface area (Å²) in [5.74, 6) is 0.189. The van der Waals surface area contributed by atoms with Crippen LogP contribution in [0.25, 0.3) is 11.0 Å². The van der Waals surface area contributed by atoms with E-state index >= 15 is 0 Å². The van der Waals surface area contributed by atoms with E-state index in [0.717, 1.165) is 0 Å². The van der Waals surface area contributed by atoms with Crippen molar-refractivity contribution in [2.24, 2.45) is 0 Å². The lowest BCUT2D eigenvalue weighted by Crippen LogP contribution is -2.22. The van der Waals surface area contributed by atoms with Gasteiger partial charge in [-0.3, -0.25) is 19.1 Å². The first-order chi connectivity index (χ1) is 7.79. The Morgan fingerprint density at radius 2 is 1.59 bits per heavy atom. The van der Waals surface area contributed by atoms with Crippen LogP contribution in [0.3, 0.4) is 0 Å². The van der Waals surface area contributed by atoms with Crippen molar-refractivity contribution >= 4 is 21.2 Å². The van der Waals surface area contributed by atoms with Crippen molar-refractivity contribution in [1.29, 1.82) is 0 Å². The Bertz CT molecular complexity index is 818. The van der Waals surface area contributed by atoms with Crippen LogP contribution in [0.15, 0.2) is 14.7 Å². The predicted octanol–water partition coefficient (Wildman–Crippen LogP) is -1.44. The number of H-pyrrole nitrogens is 2. The van der Waals surface area contributed by atoms with Gasteiger partial charge in [-0.15, -0.1) is 0 Å². The van der Waals surface area contributed by atoms with Crippen LogP contribution in [0.2, 0.25) is 0 Å². The van der Waals surface area contributed by atoms with Gasteiger partial charge in [0.25, 0.3) is 16.3 Å². The highest BCUT2D eigenvalue weighted by Gasteiger charge is 2.17. The molecule has 0 saturated carbocycles. The van der Waals surface area contributed by atoms with Crippen LogP contribution in [0, 0.1) is 6.92 Å². The largest absolute Gasteiger partial charge is 0.328 e. The molecule has 0 amide bonds. The van der Waals surface area contributed by atoms with E-state index in [2.05, 4.69) is 15.0 Å². The second kappa shape index (κ2) is 3.46. The average molecular weight is 258 g/mol. The first kappa shape index (κ1) is 11.4. The Morgan fingerprint density at radius 1 is 1.06 bits per heavy atom. The maximum Gasteiger partial charge on any atom is 0.328 e. The quantitative estimate of drug-likeness (QED) is 0.419. The van der Waals surface area contributed by atoms with Crippen molar-refractivity contribution in [2.45, 2.75) is 12.1 Å². The van der Waals surface area contributed by atoms with Gasteiger partial charge in [-0.2, -0.15) is 8.42 Å². The van der Waals surface area contributed by atoms with E-state index in [-0.39, 0.29) is 11.3 Å². The van der Waals surface area contributed by atoms with Crippen LogP contribution in [0.4, 0.5) is 0 Å². The molecule has 0 aliphatic carbocycles. The van der Waals surface area contributed by atoms with E-state index in [4.69, 9.17) is 4.55 Å². The van der Waals surface area contributed by atoms with Gasteiger partial charge in [0.05, 0.1) is 0 Å². The molecule has 17 heavy (non-hydrogen) atoms. The molecule has 0 aliphatic rings. The van der Waals surface area contributed by atoms with Gasteiger partial charge in [0.1, 0.15) is 5.82 Å². The Balaban J connectivity index is 3.03. The normalized spacial score (nSPS) is 11.9. The van der Waals surface area contributed by atoms with Crippen LogP contribution in [0.1, 0.15) is 5.82 Å². The third-order valence-corrected chi connectivity index (χ3v) is 2.59. The van der Waals surface area contributed by atoms with Gasteiger partial charge in [-0.1, -0.05) is 0 Å². The second-order valence-corrected chi connectivity index (χ2v) is 4.53. The molecule has 0 unspecified atom stereocenters. The molecule has 0 radical (unpaired) electrons. The van der Waals surface area contributed by atoms with E-state index in [1.807, 2.05) is 4.98 Å². The Morgan fingerprint density at radius 3 is 2.18 bits per heavy atom. The number of hydrogen-bond donors (Lipinski definition) is 3. The lowest BCUT2D eigenvalue weighted by atomic mass is 10.4. The molecular formula is C7H6N4O5S. The highest BCUT2D eigenvalue weighted by molar-refractivity contribution is 7.85. The number of rotatable bonds is 1. The minimum atomic E-state index is -4.69. The van der Waals surface area contributed by atoms with E-state index in [1.54, 1.807) is 0 Å². The first-order valence-corrected chi connectivity index (χ1v) is 5.71. The standard InChI is InChI=1S/C7H6N4O5S/c1-2-8-3-4(5(12)9-2)10-7(11-6(3)13)17(14,15)16/h1H3,(H,8,9,12)(H,10,11,13)(H,14,15,16). The zero-order valence-corrected chi connectivity index (χ0v) is 9.20. The van der Waals surface area contributed by atoms with Gasteiger partial charge < -0.3 is 4.98 Å². The third-order valence-electron chi connectivity index (χ3n) is 1.91. The van der Waals surface area contributed by atoms with Gasteiger partial charge in [-0.05, 0) is 6.92 Å². The summed E-state index contributed by atoms with van der Waals surface area (Å²) in [5.41, 5.74) is -2.43. The molecule has 9 nitrogen and oxygen atoms in total. The van der Waals surface area contributed by atoms with Crippen molar-refractivity contribution in [3.05, 3.63) is 26.5 Å².